The van der Waals surface area contributed by atoms with E-state index in [1.54, 1.807) is 17.7 Å². The maximum absolute atomic E-state index is 9.50. The third-order valence-electron chi connectivity index (χ3n) is 3.29. The molecule has 0 saturated heterocycles. The molecular formula is C12H16BClN6O. The summed E-state index contributed by atoms with van der Waals surface area (Å²) in [7, 11) is -0.633. The fourth-order valence-corrected chi connectivity index (χ4v) is 2.25. The van der Waals surface area contributed by atoms with Gasteiger partial charge in [0, 0.05) is 5.92 Å². The Kier molecular flexibility index (Phi) is 3.92. The summed E-state index contributed by atoms with van der Waals surface area (Å²) >= 11 is 5.77. The van der Waals surface area contributed by atoms with Crippen molar-refractivity contribution in [3.05, 3.63) is 29.2 Å². The molecule has 1 aliphatic rings. The molecule has 9 heteroatoms. The van der Waals surface area contributed by atoms with Crippen molar-refractivity contribution < 1.29 is 5.02 Å². The molecule has 7 nitrogen and oxygen atoms in total. The van der Waals surface area contributed by atoms with Crippen molar-refractivity contribution in [2.24, 2.45) is 0 Å². The number of rotatable bonds is 5. The largest absolute Gasteiger partial charge is 0.437 e. The predicted molar refractivity (Wildman–Crippen MR) is 79.3 cm³/mol. The monoisotopic (exact) mass is 306 g/mol. The molecule has 21 heavy (non-hydrogen) atoms. The number of nitrogens with zero attached hydrogens (tertiary/aromatic N) is 5. The van der Waals surface area contributed by atoms with Crippen molar-refractivity contribution in [2.45, 2.75) is 38.5 Å². The van der Waals surface area contributed by atoms with E-state index in [9.17, 15) is 5.02 Å². The lowest BCUT2D eigenvalue weighted by atomic mass is 9.87. The third kappa shape index (κ3) is 3.23. The molecule has 0 aromatic carbocycles. The summed E-state index contributed by atoms with van der Waals surface area (Å²) in [4.78, 5) is 12.9. The van der Waals surface area contributed by atoms with Crippen LogP contribution in [0.25, 0.3) is 5.82 Å². The van der Waals surface area contributed by atoms with E-state index in [1.165, 1.54) is 6.20 Å². The zero-order chi connectivity index (χ0) is 15.0. The first-order chi connectivity index (χ1) is 10.0. The van der Waals surface area contributed by atoms with Crippen LogP contribution in [0.15, 0.2) is 12.4 Å². The number of nitrogens with one attached hydrogen (secondary N) is 1. The smallest absolute Gasteiger partial charge is 0.374 e. The van der Waals surface area contributed by atoms with E-state index >= 15 is 0 Å². The number of halogens is 1. The second-order valence-corrected chi connectivity index (χ2v) is 5.66. The van der Waals surface area contributed by atoms with Gasteiger partial charge in [0.25, 0.3) is 0 Å². The van der Waals surface area contributed by atoms with E-state index < -0.39 is 7.05 Å². The molecule has 110 valence electrons. The lowest BCUT2D eigenvalue weighted by molar-refractivity contribution is 0.520. The lowest BCUT2D eigenvalue weighted by Crippen LogP contribution is -2.34. The van der Waals surface area contributed by atoms with Crippen LogP contribution < -0.4 is 5.23 Å². The van der Waals surface area contributed by atoms with Crippen molar-refractivity contribution in [1.82, 2.24) is 30.0 Å². The highest BCUT2D eigenvalue weighted by molar-refractivity contribution is 6.45. The zero-order valence-corrected chi connectivity index (χ0v) is 12.6. The minimum absolute atomic E-state index is 0.164. The van der Waals surface area contributed by atoms with Crippen molar-refractivity contribution >= 4 is 18.7 Å². The summed E-state index contributed by atoms with van der Waals surface area (Å²) in [6.07, 6.45) is 5.28. The maximum Gasteiger partial charge on any atom is 0.374 e. The fourth-order valence-electron chi connectivity index (χ4n) is 2.16. The quantitative estimate of drug-likeness (QED) is 0.811. The summed E-state index contributed by atoms with van der Waals surface area (Å²) in [5.74, 6) is 2.52. The van der Waals surface area contributed by atoms with Gasteiger partial charge in [0.2, 0.25) is 0 Å². The molecule has 2 aromatic rings. The van der Waals surface area contributed by atoms with Gasteiger partial charge in [-0.05, 0) is 26.6 Å². The fraction of sp³-hybridized carbons (Fsp3) is 0.500. The third-order valence-corrected chi connectivity index (χ3v) is 3.49. The lowest BCUT2D eigenvalue weighted by Gasteiger charge is -2.14. The van der Waals surface area contributed by atoms with Gasteiger partial charge in [-0.2, -0.15) is 4.68 Å². The van der Waals surface area contributed by atoms with Gasteiger partial charge in [0.05, 0.1) is 18.4 Å². The van der Waals surface area contributed by atoms with Crippen LogP contribution in [-0.4, -0.2) is 36.8 Å². The van der Waals surface area contributed by atoms with Crippen LogP contribution in [0.2, 0.25) is 12.0 Å². The van der Waals surface area contributed by atoms with Gasteiger partial charge >= 0.3 is 7.05 Å². The Hall–Kier alpha value is -1.51. The minimum Gasteiger partial charge on any atom is -0.437 e. The van der Waals surface area contributed by atoms with E-state index in [-0.39, 0.29) is 6.04 Å². The summed E-state index contributed by atoms with van der Waals surface area (Å²) in [5.41, 5.74) is 0. The summed E-state index contributed by atoms with van der Waals surface area (Å²) in [5, 5.41) is 17.4. The van der Waals surface area contributed by atoms with Gasteiger partial charge in [-0.25, -0.2) is 15.0 Å². The highest BCUT2D eigenvalue weighted by Gasteiger charge is 2.30. The van der Waals surface area contributed by atoms with E-state index in [0.29, 0.717) is 22.7 Å². The molecule has 0 unspecified atom stereocenters. The molecule has 1 atom stereocenters. The average molecular weight is 307 g/mol. The molecule has 1 fully saturated rings. The van der Waals surface area contributed by atoms with Crippen molar-refractivity contribution in [1.29, 1.82) is 0 Å². The van der Waals surface area contributed by atoms with Gasteiger partial charge in [-0.15, -0.1) is 5.10 Å². The summed E-state index contributed by atoms with van der Waals surface area (Å²) < 4.78 is 1.66. The summed E-state index contributed by atoms with van der Waals surface area (Å²) in [6.45, 7) is 3.59. The van der Waals surface area contributed by atoms with Crippen LogP contribution in [0.3, 0.4) is 0 Å². The van der Waals surface area contributed by atoms with Crippen LogP contribution >= 0.6 is 11.6 Å². The Balaban J connectivity index is 1.98. The number of hydrogen-bond acceptors (Lipinski definition) is 6. The second kappa shape index (κ2) is 5.71. The molecule has 0 spiro atoms. The standard InChI is InChI=1S/C12H16BClN6O/c1-7(18-13(2)21)12-17-11(8-3-4-8)19-20(12)10-6-15-9(14)5-16-10/h5-8,18,21H,3-4H2,1-2H3/t7-/m0/s1. The first-order valence-electron chi connectivity index (χ1n) is 6.93. The molecule has 2 heterocycles. The Morgan fingerprint density at radius 3 is 2.76 bits per heavy atom. The zero-order valence-electron chi connectivity index (χ0n) is 11.9. The van der Waals surface area contributed by atoms with Crippen LogP contribution in [-0.2, 0) is 0 Å². The van der Waals surface area contributed by atoms with Crippen molar-refractivity contribution in [2.75, 3.05) is 0 Å². The number of hydrogen-bond donors (Lipinski definition) is 2. The van der Waals surface area contributed by atoms with Crippen LogP contribution in [0, 0.1) is 0 Å². The van der Waals surface area contributed by atoms with Crippen molar-refractivity contribution in [3.63, 3.8) is 0 Å². The minimum atomic E-state index is -0.633. The van der Waals surface area contributed by atoms with Crippen molar-refractivity contribution in [3.8, 4) is 5.82 Å². The van der Waals surface area contributed by atoms with Gasteiger partial charge in [-0.1, -0.05) is 11.6 Å². The topological polar surface area (TPSA) is 88.8 Å². The molecule has 2 N–H and O–H groups in total. The molecule has 0 bridgehead atoms. The van der Waals surface area contributed by atoms with Gasteiger partial charge in [0.1, 0.15) is 11.0 Å². The first kappa shape index (κ1) is 14.4. The molecule has 0 aliphatic heterocycles. The Labute approximate surface area is 127 Å². The molecule has 3 rings (SSSR count). The molecule has 1 aliphatic carbocycles. The molecular weight excluding hydrogens is 290 g/mol. The first-order valence-corrected chi connectivity index (χ1v) is 7.31. The van der Waals surface area contributed by atoms with E-state index in [1.807, 2.05) is 6.92 Å². The molecule has 2 aromatic heterocycles. The molecule has 1 saturated carbocycles. The van der Waals surface area contributed by atoms with Gasteiger partial charge in [-0.3, -0.25) is 0 Å². The summed E-state index contributed by atoms with van der Waals surface area (Å²) in [6, 6.07) is -0.164. The second-order valence-electron chi connectivity index (χ2n) is 5.28. The molecule has 0 radical (unpaired) electrons. The van der Waals surface area contributed by atoms with Gasteiger partial charge in [0.15, 0.2) is 11.6 Å². The Morgan fingerprint density at radius 2 is 2.19 bits per heavy atom. The van der Waals surface area contributed by atoms with E-state index in [0.717, 1.165) is 18.7 Å². The van der Waals surface area contributed by atoms with Gasteiger partial charge < -0.3 is 10.3 Å². The van der Waals surface area contributed by atoms with E-state index in [2.05, 4.69) is 25.3 Å². The Bertz CT molecular complexity index is 627. The Morgan fingerprint density at radius 1 is 1.43 bits per heavy atom. The molecule has 0 amide bonds. The van der Waals surface area contributed by atoms with Crippen LogP contribution in [0.4, 0.5) is 0 Å². The highest BCUT2D eigenvalue weighted by Crippen LogP contribution is 2.38. The number of aromatic nitrogens is 5. The highest BCUT2D eigenvalue weighted by atomic mass is 35.5. The van der Waals surface area contributed by atoms with Crippen LogP contribution in [0.1, 0.15) is 43.4 Å². The SMILES string of the molecule is CB(O)N[C@@H](C)c1nc(C2CC2)nn1-c1cnc(Cl)cn1. The normalized spacial score (nSPS) is 16.0. The van der Waals surface area contributed by atoms with Crippen LogP contribution in [0.5, 0.6) is 0 Å². The predicted octanol–water partition coefficient (Wildman–Crippen LogP) is 1.35. The van der Waals surface area contributed by atoms with E-state index in [4.69, 9.17) is 11.6 Å². The maximum atomic E-state index is 9.50. The average Bonchev–Trinajstić information content (AvgIpc) is 3.18.